The van der Waals surface area contributed by atoms with Gasteiger partial charge in [0.15, 0.2) is 16.6 Å². The minimum absolute atomic E-state index is 0.152. The van der Waals surface area contributed by atoms with Crippen molar-refractivity contribution in [2.45, 2.75) is 12.8 Å². The molecule has 4 aromatic rings. The Balaban J connectivity index is 1.44. The van der Waals surface area contributed by atoms with Crippen molar-refractivity contribution >= 4 is 38.2 Å². The maximum absolute atomic E-state index is 12.3. The molecule has 0 aliphatic rings. The molecule has 0 unspecified atom stereocenters. The number of amides is 1. The van der Waals surface area contributed by atoms with E-state index >= 15 is 0 Å². The minimum atomic E-state index is -0.152. The van der Waals surface area contributed by atoms with Crippen molar-refractivity contribution < 1.29 is 14.3 Å². The molecule has 10 heteroatoms. The predicted molar refractivity (Wildman–Crippen MR) is 100 cm³/mol. The van der Waals surface area contributed by atoms with Gasteiger partial charge in [0.1, 0.15) is 5.75 Å². The number of nitrogens with zero attached hydrogens (tertiary/aromatic N) is 5. The lowest BCUT2D eigenvalue weighted by molar-refractivity contribution is -0.116. The van der Waals surface area contributed by atoms with Gasteiger partial charge in [0.05, 0.1) is 24.4 Å². The fourth-order valence-electron chi connectivity index (χ4n) is 2.57. The van der Waals surface area contributed by atoms with Gasteiger partial charge in [-0.25, -0.2) is 4.98 Å². The molecule has 0 spiro atoms. The van der Waals surface area contributed by atoms with E-state index in [1.807, 2.05) is 18.2 Å². The number of benzene rings is 1. The molecular formula is C17H16N6O3S. The molecule has 138 valence electrons. The monoisotopic (exact) mass is 384 g/mol. The molecule has 3 heterocycles. The Labute approximate surface area is 158 Å². The minimum Gasteiger partial charge on any atom is -0.497 e. The van der Waals surface area contributed by atoms with Crippen molar-refractivity contribution in [3.8, 4) is 11.6 Å². The number of fused-ring (bicyclic) bond motifs is 2. The average Bonchev–Trinajstić information content (AvgIpc) is 3.28. The van der Waals surface area contributed by atoms with E-state index in [2.05, 4.69) is 25.6 Å². The molecule has 1 N–H and O–H groups in total. The number of rotatable bonds is 6. The van der Waals surface area contributed by atoms with E-state index in [1.165, 1.54) is 11.3 Å². The molecule has 0 saturated carbocycles. The van der Waals surface area contributed by atoms with Crippen LogP contribution in [0.1, 0.15) is 12.2 Å². The Kier molecular flexibility index (Phi) is 4.55. The largest absolute Gasteiger partial charge is 0.497 e. The van der Waals surface area contributed by atoms with Crippen molar-refractivity contribution in [3.63, 3.8) is 0 Å². The fourth-order valence-corrected chi connectivity index (χ4v) is 3.48. The summed E-state index contributed by atoms with van der Waals surface area (Å²) in [6.45, 7) is 0. The van der Waals surface area contributed by atoms with Crippen molar-refractivity contribution in [3.05, 3.63) is 36.2 Å². The second kappa shape index (κ2) is 7.16. The second-order valence-electron chi connectivity index (χ2n) is 5.66. The number of carbonyl (C=O) groups is 1. The number of aryl methyl sites for hydroxylation is 1. The SMILES string of the molecule is COc1ccc2nc(NC(=O)CCc3nnc4ccc(OC)nn34)sc2c1. The number of anilines is 1. The number of aromatic nitrogens is 5. The molecule has 0 saturated heterocycles. The van der Waals surface area contributed by atoms with Gasteiger partial charge >= 0.3 is 0 Å². The summed E-state index contributed by atoms with van der Waals surface area (Å²) in [5.74, 6) is 1.65. The van der Waals surface area contributed by atoms with Crippen LogP contribution >= 0.6 is 11.3 Å². The Bertz CT molecular complexity index is 1120. The number of nitrogens with one attached hydrogen (secondary N) is 1. The van der Waals surface area contributed by atoms with Crippen LogP contribution in [-0.4, -0.2) is 44.9 Å². The topological polar surface area (TPSA) is 104 Å². The summed E-state index contributed by atoms with van der Waals surface area (Å²) in [7, 11) is 3.16. The van der Waals surface area contributed by atoms with E-state index in [-0.39, 0.29) is 12.3 Å². The highest BCUT2D eigenvalue weighted by atomic mass is 32.1. The first kappa shape index (κ1) is 17.2. The van der Waals surface area contributed by atoms with Crippen LogP contribution in [0, 0.1) is 0 Å². The van der Waals surface area contributed by atoms with Crippen LogP contribution in [0.15, 0.2) is 30.3 Å². The first-order valence-corrected chi connectivity index (χ1v) is 8.97. The fraction of sp³-hybridized carbons (Fsp3) is 0.235. The molecule has 9 nitrogen and oxygen atoms in total. The summed E-state index contributed by atoms with van der Waals surface area (Å²) in [6.07, 6.45) is 0.630. The predicted octanol–water partition coefficient (Wildman–Crippen LogP) is 2.32. The smallest absolute Gasteiger partial charge is 0.231 e. The highest BCUT2D eigenvalue weighted by Gasteiger charge is 2.12. The third-order valence-electron chi connectivity index (χ3n) is 3.93. The van der Waals surface area contributed by atoms with Crippen LogP contribution in [0.4, 0.5) is 5.13 Å². The number of hydrogen-bond acceptors (Lipinski definition) is 8. The van der Waals surface area contributed by atoms with Gasteiger partial charge < -0.3 is 14.8 Å². The Hall–Kier alpha value is -3.27. The van der Waals surface area contributed by atoms with E-state index in [0.29, 0.717) is 28.9 Å². The molecule has 3 aromatic heterocycles. The molecule has 0 bridgehead atoms. The highest BCUT2D eigenvalue weighted by molar-refractivity contribution is 7.22. The van der Waals surface area contributed by atoms with Crippen LogP contribution < -0.4 is 14.8 Å². The lowest BCUT2D eigenvalue weighted by Gasteiger charge is -2.02. The Morgan fingerprint density at radius 1 is 1.19 bits per heavy atom. The number of thiazole rings is 1. The molecule has 27 heavy (non-hydrogen) atoms. The van der Waals surface area contributed by atoms with Crippen LogP contribution in [0.5, 0.6) is 11.6 Å². The first-order chi connectivity index (χ1) is 13.2. The molecule has 0 atom stereocenters. The molecule has 1 amide bonds. The first-order valence-electron chi connectivity index (χ1n) is 8.16. The van der Waals surface area contributed by atoms with Crippen LogP contribution in [-0.2, 0) is 11.2 Å². The van der Waals surface area contributed by atoms with Gasteiger partial charge in [-0.2, -0.15) is 4.52 Å². The van der Waals surface area contributed by atoms with E-state index in [9.17, 15) is 4.79 Å². The third kappa shape index (κ3) is 3.51. The van der Waals surface area contributed by atoms with Gasteiger partial charge in [0.2, 0.25) is 11.8 Å². The van der Waals surface area contributed by atoms with Gasteiger partial charge in [-0.3, -0.25) is 4.79 Å². The number of hydrogen-bond donors (Lipinski definition) is 1. The average molecular weight is 384 g/mol. The van der Waals surface area contributed by atoms with Crippen molar-refractivity contribution in [1.29, 1.82) is 0 Å². The summed E-state index contributed by atoms with van der Waals surface area (Å²) in [4.78, 5) is 16.7. The summed E-state index contributed by atoms with van der Waals surface area (Å²) in [5, 5.41) is 15.8. The lowest BCUT2D eigenvalue weighted by atomic mass is 10.3. The zero-order valence-electron chi connectivity index (χ0n) is 14.7. The standard InChI is InChI=1S/C17H16N6O3S/c1-25-10-3-4-11-12(9-10)27-17(18-11)19-15(24)7-5-13-20-21-14-6-8-16(26-2)22-23(13)14/h3-4,6,8-9H,5,7H2,1-2H3,(H,18,19,24). The normalized spacial score (nSPS) is 11.0. The van der Waals surface area contributed by atoms with E-state index in [1.54, 1.807) is 30.9 Å². The molecular weight excluding hydrogens is 368 g/mol. The quantitative estimate of drug-likeness (QED) is 0.544. The summed E-state index contributed by atoms with van der Waals surface area (Å²) in [5.41, 5.74) is 1.42. The van der Waals surface area contributed by atoms with E-state index < -0.39 is 0 Å². The summed E-state index contributed by atoms with van der Waals surface area (Å²) < 4.78 is 12.8. The zero-order chi connectivity index (χ0) is 18.8. The number of carbonyl (C=O) groups excluding carboxylic acids is 1. The van der Waals surface area contributed by atoms with Gasteiger partial charge in [-0.1, -0.05) is 11.3 Å². The van der Waals surface area contributed by atoms with Crippen molar-refractivity contribution in [1.82, 2.24) is 24.8 Å². The maximum atomic E-state index is 12.3. The number of ether oxygens (including phenoxy) is 2. The highest BCUT2D eigenvalue weighted by Crippen LogP contribution is 2.29. The second-order valence-corrected chi connectivity index (χ2v) is 6.69. The number of methoxy groups -OCH3 is 2. The summed E-state index contributed by atoms with van der Waals surface area (Å²) >= 11 is 1.40. The van der Waals surface area contributed by atoms with Crippen LogP contribution in [0.3, 0.4) is 0 Å². The summed E-state index contributed by atoms with van der Waals surface area (Å²) in [6, 6.07) is 9.07. The molecule has 4 rings (SSSR count). The Morgan fingerprint density at radius 3 is 2.89 bits per heavy atom. The molecule has 0 aliphatic heterocycles. The van der Waals surface area contributed by atoms with E-state index in [0.717, 1.165) is 16.0 Å². The third-order valence-corrected chi connectivity index (χ3v) is 4.86. The van der Waals surface area contributed by atoms with Crippen molar-refractivity contribution in [2.24, 2.45) is 0 Å². The van der Waals surface area contributed by atoms with Crippen LogP contribution in [0.2, 0.25) is 0 Å². The lowest BCUT2D eigenvalue weighted by Crippen LogP contribution is -2.13. The molecule has 0 fully saturated rings. The van der Waals surface area contributed by atoms with Crippen molar-refractivity contribution in [2.75, 3.05) is 19.5 Å². The molecule has 1 aromatic carbocycles. The maximum Gasteiger partial charge on any atom is 0.231 e. The molecule has 0 radical (unpaired) electrons. The Morgan fingerprint density at radius 2 is 2.07 bits per heavy atom. The van der Waals surface area contributed by atoms with Gasteiger partial charge in [0.25, 0.3) is 0 Å². The van der Waals surface area contributed by atoms with Crippen LogP contribution in [0.25, 0.3) is 15.9 Å². The van der Waals surface area contributed by atoms with Gasteiger partial charge in [0, 0.05) is 18.9 Å². The zero-order valence-corrected chi connectivity index (χ0v) is 15.5. The van der Waals surface area contributed by atoms with Gasteiger partial charge in [-0.15, -0.1) is 15.3 Å². The van der Waals surface area contributed by atoms with Gasteiger partial charge in [-0.05, 0) is 24.3 Å². The van der Waals surface area contributed by atoms with E-state index in [4.69, 9.17) is 9.47 Å². The molecule has 0 aliphatic carbocycles.